The molecule has 3 nitrogen and oxygen atoms in total. The molecule has 1 aliphatic rings. The Kier molecular flexibility index (Phi) is 4.28. The lowest BCUT2D eigenvalue weighted by Gasteiger charge is -2.38. The van der Waals surface area contributed by atoms with Gasteiger partial charge in [-0.2, -0.15) is 0 Å². The van der Waals surface area contributed by atoms with Gasteiger partial charge in [-0.25, -0.2) is 0 Å². The van der Waals surface area contributed by atoms with Crippen LogP contribution in [0.3, 0.4) is 0 Å². The van der Waals surface area contributed by atoms with Gasteiger partial charge < -0.3 is 10.0 Å². The average molecular weight is 296 g/mol. The van der Waals surface area contributed by atoms with Gasteiger partial charge in [-0.05, 0) is 42.9 Å². The Morgan fingerprint density at radius 2 is 1.95 bits per heavy atom. The number of carbonyl (C=O) groups is 1. The fourth-order valence-corrected chi connectivity index (χ4v) is 2.85. The summed E-state index contributed by atoms with van der Waals surface area (Å²) in [7, 11) is 0. The standard InChI is InChI=1S/C16H22ClNO2/c1-11(15(19)20)12-4-5-14(13(17)10-12)18-8-6-16(2,3)7-9-18/h4-5,10-11H,6-9H2,1-3H3,(H,19,20). The summed E-state index contributed by atoms with van der Waals surface area (Å²) in [5.41, 5.74) is 2.17. The Bertz CT molecular complexity index is 503. The lowest BCUT2D eigenvalue weighted by atomic mass is 9.82. The van der Waals surface area contributed by atoms with Crippen LogP contribution in [-0.2, 0) is 4.79 Å². The fourth-order valence-electron chi connectivity index (χ4n) is 2.54. The van der Waals surface area contributed by atoms with Crippen molar-refractivity contribution in [3.8, 4) is 0 Å². The molecule has 1 saturated heterocycles. The average Bonchev–Trinajstić information content (AvgIpc) is 2.38. The van der Waals surface area contributed by atoms with E-state index in [1.807, 2.05) is 12.1 Å². The van der Waals surface area contributed by atoms with Crippen molar-refractivity contribution in [2.75, 3.05) is 18.0 Å². The van der Waals surface area contributed by atoms with Crippen LogP contribution in [-0.4, -0.2) is 24.2 Å². The number of nitrogens with zero attached hydrogens (tertiary/aromatic N) is 1. The van der Waals surface area contributed by atoms with Crippen LogP contribution in [0.4, 0.5) is 5.69 Å². The first kappa shape index (κ1) is 15.2. The van der Waals surface area contributed by atoms with Crippen molar-refractivity contribution in [1.82, 2.24) is 0 Å². The molecule has 110 valence electrons. The molecule has 0 aromatic heterocycles. The van der Waals surface area contributed by atoms with Gasteiger partial charge in [-0.1, -0.05) is 31.5 Å². The zero-order valence-electron chi connectivity index (χ0n) is 12.3. The highest BCUT2D eigenvalue weighted by atomic mass is 35.5. The summed E-state index contributed by atoms with van der Waals surface area (Å²) in [4.78, 5) is 13.3. The third-order valence-corrected chi connectivity index (χ3v) is 4.60. The Balaban J connectivity index is 2.16. The van der Waals surface area contributed by atoms with Crippen LogP contribution in [0.2, 0.25) is 5.02 Å². The first-order valence-corrected chi connectivity index (χ1v) is 7.45. The summed E-state index contributed by atoms with van der Waals surface area (Å²) in [5, 5.41) is 9.70. The zero-order chi connectivity index (χ0) is 14.9. The molecule has 1 fully saturated rings. The van der Waals surface area contributed by atoms with E-state index in [1.165, 1.54) is 0 Å². The molecule has 1 aliphatic heterocycles. The quantitative estimate of drug-likeness (QED) is 0.910. The van der Waals surface area contributed by atoms with Gasteiger partial charge in [-0.3, -0.25) is 4.79 Å². The van der Waals surface area contributed by atoms with E-state index in [1.54, 1.807) is 13.0 Å². The Hall–Kier alpha value is -1.22. The van der Waals surface area contributed by atoms with Gasteiger partial charge in [0.25, 0.3) is 0 Å². The predicted octanol–water partition coefficient (Wildman–Crippen LogP) is 4.15. The minimum absolute atomic E-state index is 0.404. The molecular formula is C16H22ClNO2. The second kappa shape index (κ2) is 5.65. The van der Waals surface area contributed by atoms with Crippen molar-refractivity contribution in [3.63, 3.8) is 0 Å². The third kappa shape index (κ3) is 3.26. The Labute approximate surface area is 125 Å². The molecule has 0 bridgehead atoms. The van der Waals surface area contributed by atoms with Gasteiger partial charge in [0.15, 0.2) is 0 Å². The molecule has 1 aromatic carbocycles. The number of rotatable bonds is 3. The lowest BCUT2D eigenvalue weighted by Crippen LogP contribution is -2.37. The van der Waals surface area contributed by atoms with Gasteiger partial charge in [0.2, 0.25) is 0 Å². The summed E-state index contributed by atoms with van der Waals surface area (Å²) in [5.74, 6) is -1.35. The first-order valence-electron chi connectivity index (χ1n) is 7.07. The molecule has 2 rings (SSSR count). The molecular weight excluding hydrogens is 274 g/mol. The number of anilines is 1. The van der Waals surface area contributed by atoms with Crippen LogP contribution < -0.4 is 4.90 Å². The molecule has 1 unspecified atom stereocenters. The van der Waals surface area contributed by atoms with Crippen LogP contribution in [0.15, 0.2) is 18.2 Å². The maximum atomic E-state index is 11.0. The summed E-state index contributed by atoms with van der Waals surface area (Å²) < 4.78 is 0. The summed E-state index contributed by atoms with van der Waals surface area (Å²) in [6.07, 6.45) is 2.30. The Morgan fingerprint density at radius 3 is 2.45 bits per heavy atom. The van der Waals surface area contributed by atoms with E-state index in [9.17, 15) is 4.79 Å². The molecule has 20 heavy (non-hydrogen) atoms. The number of piperidine rings is 1. The molecule has 1 atom stereocenters. The van der Waals surface area contributed by atoms with Gasteiger partial charge >= 0.3 is 5.97 Å². The number of hydrogen-bond acceptors (Lipinski definition) is 2. The number of aliphatic carboxylic acids is 1. The van der Waals surface area contributed by atoms with Crippen molar-refractivity contribution >= 4 is 23.3 Å². The van der Waals surface area contributed by atoms with Crippen LogP contribution in [0, 0.1) is 5.41 Å². The van der Waals surface area contributed by atoms with E-state index in [0.29, 0.717) is 10.4 Å². The van der Waals surface area contributed by atoms with Crippen LogP contribution >= 0.6 is 11.6 Å². The molecule has 0 aliphatic carbocycles. The minimum Gasteiger partial charge on any atom is -0.481 e. The topological polar surface area (TPSA) is 40.5 Å². The van der Waals surface area contributed by atoms with Crippen LogP contribution in [0.1, 0.15) is 45.1 Å². The van der Waals surface area contributed by atoms with Gasteiger partial charge in [0, 0.05) is 13.1 Å². The summed E-state index contributed by atoms with van der Waals surface area (Å²) in [6, 6.07) is 5.62. The Morgan fingerprint density at radius 1 is 1.35 bits per heavy atom. The fraction of sp³-hybridized carbons (Fsp3) is 0.562. The van der Waals surface area contributed by atoms with E-state index in [4.69, 9.17) is 16.7 Å². The van der Waals surface area contributed by atoms with Gasteiger partial charge in [0.1, 0.15) is 0 Å². The maximum absolute atomic E-state index is 11.0. The first-order chi connectivity index (χ1) is 9.30. The van der Waals surface area contributed by atoms with E-state index in [0.717, 1.165) is 37.2 Å². The molecule has 1 aromatic rings. The number of carboxylic acids is 1. The third-order valence-electron chi connectivity index (χ3n) is 4.30. The molecule has 1 N–H and O–H groups in total. The van der Waals surface area contributed by atoms with E-state index in [-0.39, 0.29) is 0 Å². The number of hydrogen-bond donors (Lipinski definition) is 1. The number of benzene rings is 1. The van der Waals surface area contributed by atoms with Crippen LogP contribution in [0.25, 0.3) is 0 Å². The largest absolute Gasteiger partial charge is 0.481 e. The predicted molar refractivity (Wildman–Crippen MR) is 82.7 cm³/mol. The highest BCUT2D eigenvalue weighted by Crippen LogP contribution is 2.36. The summed E-state index contributed by atoms with van der Waals surface area (Å²) in [6.45, 7) is 8.27. The second-order valence-electron chi connectivity index (χ2n) is 6.42. The van der Waals surface area contributed by atoms with Gasteiger partial charge in [-0.15, -0.1) is 0 Å². The van der Waals surface area contributed by atoms with Crippen molar-refractivity contribution in [2.24, 2.45) is 5.41 Å². The number of halogens is 1. The summed E-state index contributed by atoms with van der Waals surface area (Å²) >= 11 is 6.35. The van der Waals surface area contributed by atoms with Crippen molar-refractivity contribution < 1.29 is 9.90 Å². The lowest BCUT2D eigenvalue weighted by molar-refractivity contribution is -0.138. The monoisotopic (exact) mass is 295 g/mol. The molecule has 0 amide bonds. The maximum Gasteiger partial charge on any atom is 0.310 e. The van der Waals surface area contributed by atoms with E-state index in [2.05, 4.69) is 18.7 Å². The van der Waals surface area contributed by atoms with E-state index < -0.39 is 11.9 Å². The molecule has 1 heterocycles. The van der Waals surface area contributed by atoms with Gasteiger partial charge in [0.05, 0.1) is 16.6 Å². The SMILES string of the molecule is CC(C(=O)O)c1ccc(N2CCC(C)(C)CC2)c(Cl)c1. The highest BCUT2D eigenvalue weighted by Gasteiger charge is 2.26. The zero-order valence-corrected chi connectivity index (χ0v) is 13.1. The van der Waals surface area contributed by atoms with Crippen molar-refractivity contribution in [2.45, 2.75) is 39.5 Å². The van der Waals surface area contributed by atoms with E-state index >= 15 is 0 Å². The van der Waals surface area contributed by atoms with Crippen LogP contribution in [0.5, 0.6) is 0 Å². The molecule has 0 saturated carbocycles. The highest BCUT2D eigenvalue weighted by molar-refractivity contribution is 6.33. The van der Waals surface area contributed by atoms with Crippen molar-refractivity contribution in [1.29, 1.82) is 0 Å². The second-order valence-corrected chi connectivity index (χ2v) is 6.83. The molecule has 0 radical (unpaired) electrons. The molecule has 4 heteroatoms. The van der Waals surface area contributed by atoms with Crippen molar-refractivity contribution in [3.05, 3.63) is 28.8 Å². The smallest absolute Gasteiger partial charge is 0.310 e. The number of carboxylic acid groups (broad SMARTS) is 1. The minimum atomic E-state index is -0.825. The normalized spacial score (nSPS) is 19.7. The molecule has 0 spiro atoms.